The fourth-order valence-electron chi connectivity index (χ4n) is 2.36. The van der Waals surface area contributed by atoms with Crippen LogP contribution in [0.5, 0.6) is 0 Å². The topological polar surface area (TPSA) is 89.9 Å². The Morgan fingerprint density at radius 3 is 2.80 bits per heavy atom. The summed E-state index contributed by atoms with van der Waals surface area (Å²) in [5, 5.41) is 20.9. The van der Waals surface area contributed by atoms with Crippen LogP contribution in [0.4, 0.5) is 4.79 Å². The highest BCUT2D eigenvalue weighted by Gasteiger charge is 2.49. The summed E-state index contributed by atoms with van der Waals surface area (Å²) in [6.07, 6.45) is -0.398. The van der Waals surface area contributed by atoms with Gasteiger partial charge >= 0.3 is 6.03 Å². The van der Waals surface area contributed by atoms with Crippen LogP contribution in [0, 0.1) is 5.92 Å². The molecule has 2 aliphatic rings. The summed E-state index contributed by atoms with van der Waals surface area (Å²) in [5.41, 5.74) is 0. The van der Waals surface area contributed by atoms with Crippen molar-refractivity contribution in [1.82, 2.24) is 10.2 Å². The van der Waals surface area contributed by atoms with Gasteiger partial charge in [0.05, 0.1) is 24.7 Å². The number of nitrogens with zero attached hydrogens (tertiary/aromatic N) is 1. The van der Waals surface area contributed by atoms with Gasteiger partial charge in [-0.2, -0.15) is 0 Å². The number of imide groups is 1. The van der Waals surface area contributed by atoms with Gasteiger partial charge in [-0.25, -0.2) is 4.79 Å². The van der Waals surface area contributed by atoms with E-state index in [2.05, 4.69) is 5.32 Å². The van der Waals surface area contributed by atoms with Crippen LogP contribution in [0.2, 0.25) is 0 Å². The van der Waals surface area contributed by atoms with Gasteiger partial charge in [-0.1, -0.05) is 6.92 Å². The second-order valence-corrected chi connectivity index (χ2v) is 4.11. The number of urea groups is 1. The normalized spacial score (nSPS) is 40.3. The number of fused-ring (bicyclic) bond motifs is 1. The van der Waals surface area contributed by atoms with Crippen molar-refractivity contribution in [2.75, 3.05) is 6.61 Å². The van der Waals surface area contributed by atoms with Crippen LogP contribution in [-0.2, 0) is 4.79 Å². The van der Waals surface area contributed by atoms with Crippen LogP contribution in [0.1, 0.15) is 13.3 Å². The number of carbonyl (C=O) groups excluding carboxylic acids is 2. The third kappa shape index (κ3) is 1.40. The largest absolute Gasteiger partial charge is 0.394 e. The van der Waals surface area contributed by atoms with Crippen LogP contribution in [0.15, 0.2) is 0 Å². The molecule has 0 radical (unpaired) electrons. The zero-order valence-corrected chi connectivity index (χ0v) is 8.38. The minimum Gasteiger partial charge on any atom is -0.394 e. The molecule has 6 heteroatoms. The molecule has 84 valence electrons. The maximum atomic E-state index is 11.5. The summed E-state index contributed by atoms with van der Waals surface area (Å²) in [6.45, 7) is 1.43. The molecule has 6 nitrogen and oxygen atoms in total. The first-order valence-electron chi connectivity index (χ1n) is 4.98. The number of hydrogen-bond acceptors (Lipinski definition) is 4. The van der Waals surface area contributed by atoms with E-state index < -0.39 is 18.2 Å². The van der Waals surface area contributed by atoms with Gasteiger partial charge in [0.2, 0.25) is 5.91 Å². The molecule has 0 unspecified atom stereocenters. The molecule has 0 spiro atoms. The molecule has 2 saturated heterocycles. The second-order valence-electron chi connectivity index (χ2n) is 4.11. The Morgan fingerprint density at radius 1 is 1.53 bits per heavy atom. The summed E-state index contributed by atoms with van der Waals surface area (Å²) in [6, 6.07) is -1.40. The van der Waals surface area contributed by atoms with E-state index in [-0.39, 0.29) is 24.5 Å². The van der Waals surface area contributed by atoms with Crippen molar-refractivity contribution in [3.63, 3.8) is 0 Å². The van der Waals surface area contributed by atoms with E-state index in [4.69, 9.17) is 5.11 Å². The first-order chi connectivity index (χ1) is 7.06. The third-order valence-corrected chi connectivity index (χ3v) is 3.28. The van der Waals surface area contributed by atoms with Gasteiger partial charge in [-0.05, 0) is 6.42 Å². The monoisotopic (exact) mass is 214 g/mol. The standard InChI is InChI=1S/C9H14N2O4/c1-4-5-2-7(13)6(3-12)11(5)9(15)10-8(4)14/h4-7,12-13H,2-3H2,1H3,(H,10,14,15)/t4-,5-,6+,7-/m0/s1. The highest BCUT2D eigenvalue weighted by atomic mass is 16.3. The molecule has 3 amide bonds. The quantitative estimate of drug-likeness (QED) is 0.504. The number of carbonyl (C=O) groups is 2. The number of hydrogen-bond donors (Lipinski definition) is 3. The van der Waals surface area contributed by atoms with Gasteiger partial charge in [0, 0.05) is 6.04 Å². The molecule has 0 aromatic heterocycles. The number of aliphatic hydroxyl groups is 2. The summed E-state index contributed by atoms with van der Waals surface area (Å²) in [5.74, 6) is -0.652. The van der Waals surface area contributed by atoms with Crippen LogP contribution in [0.3, 0.4) is 0 Å². The van der Waals surface area contributed by atoms with Gasteiger partial charge in [-0.15, -0.1) is 0 Å². The van der Waals surface area contributed by atoms with E-state index >= 15 is 0 Å². The molecule has 3 N–H and O–H groups in total. The van der Waals surface area contributed by atoms with Crippen LogP contribution >= 0.6 is 0 Å². The van der Waals surface area contributed by atoms with Crippen molar-refractivity contribution in [3.05, 3.63) is 0 Å². The molecule has 2 aliphatic heterocycles. The van der Waals surface area contributed by atoms with E-state index in [0.717, 1.165) is 0 Å². The van der Waals surface area contributed by atoms with E-state index in [0.29, 0.717) is 6.42 Å². The molecule has 0 aliphatic carbocycles. The lowest BCUT2D eigenvalue weighted by atomic mass is 9.97. The van der Waals surface area contributed by atoms with E-state index in [1.165, 1.54) is 4.90 Å². The van der Waals surface area contributed by atoms with Crippen molar-refractivity contribution < 1.29 is 19.8 Å². The van der Waals surface area contributed by atoms with Gasteiger partial charge in [0.1, 0.15) is 0 Å². The zero-order valence-electron chi connectivity index (χ0n) is 8.38. The Hall–Kier alpha value is -1.14. The Morgan fingerprint density at radius 2 is 2.20 bits per heavy atom. The Labute approximate surface area is 86.9 Å². The van der Waals surface area contributed by atoms with Crippen molar-refractivity contribution in [1.29, 1.82) is 0 Å². The number of nitrogens with one attached hydrogen (secondary N) is 1. The first kappa shape index (κ1) is 10.4. The maximum absolute atomic E-state index is 11.5. The maximum Gasteiger partial charge on any atom is 0.324 e. The number of aliphatic hydroxyl groups excluding tert-OH is 2. The molecule has 0 bridgehead atoms. The van der Waals surface area contributed by atoms with Gasteiger partial charge in [-0.3, -0.25) is 10.1 Å². The van der Waals surface area contributed by atoms with Crippen molar-refractivity contribution in [2.45, 2.75) is 31.5 Å². The van der Waals surface area contributed by atoms with E-state index in [1.807, 2.05) is 0 Å². The summed E-state index contributed by atoms with van der Waals surface area (Å²) in [7, 11) is 0. The fourth-order valence-corrected chi connectivity index (χ4v) is 2.36. The molecule has 0 saturated carbocycles. The SMILES string of the molecule is C[C@@H]1C(=O)NC(=O)N2[C@H](CO)[C@@H](O)C[C@@H]12. The minimum absolute atomic E-state index is 0.286. The fraction of sp³-hybridized carbons (Fsp3) is 0.778. The van der Waals surface area contributed by atoms with Crippen LogP contribution < -0.4 is 5.32 Å². The lowest BCUT2D eigenvalue weighted by Crippen LogP contribution is -2.60. The average Bonchev–Trinajstić information content (AvgIpc) is 2.52. The number of amides is 3. The zero-order chi connectivity index (χ0) is 11.2. The Kier molecular flexibility index (Phi) is 2.40. The molecule has 0 aromatic carbocycles. The Balaban J connectivity index is 2.28. The predicted molar refractivity (Wildman–Crippen MR) is 49.8 cm³/mol. The van der Waals surface area contributed by atoms with E-state index in [9.17, 15) is 14.7 Å². The highest BCUT2D eigenvalue weighted by Crippen LogP contribution is 2.31. The minimum atomic E-state index is -0.751. The summed E-state index contributed by atoms with van der Waals surface area (Å²) in [4.78, 5) is 24.3. The molecular weight excluding hydrogens is 200 g/mol. The molecular formula is C9H14N2O4. The lowest BCUT2D eigenvalue weighted by molar-refractivity contribution is -0.127. The van der Waals surface area contributed by atoms with E-state index in [1.54, 1.807) is 6.92 Å². The van der Waals surface area contributed by atoms with Crippen molar-refractivity contribution in [2.24, 2.45) is 5.92 Å². The lowest BCUT2D eigenvalue weighted by Gasteiger charge is -2.36. The molecule has 2 heterocycles. The third-order valence-electron chi connectivity index (χ3n) is 3.28. The molecule has 4 atom stereocenters. The second kappa shape index (κ2) is 3.46. The van der Waals surface area contributed by atoms with Crippen molar-refractivity contribution in [3.8, 4) is 0 Å². The molecule has 15 heavy (non-hydrogen) atoms. The van der Waals surface area contributed by atoms with Gasteiger partial charge < -0.3 is 15.1 Å². The summed E-state index contributed by atoms with van der Waals surface area (Å²) >= 11 is 0. The first-order valence-corrected chi connectivity index (χ1v) is 4.98. The Bertz CT molecular complexity index is 306. The van der Waals surface area contributed by atoms with Crippen LogP contribution in [0.25, 0.3) is 0 Å². The highest BCUT2D eigenvalue weighted by molar-refractivity contribution is 5.98. The molecule has 2 fully saturated rings. The molecule has 2 rings (SSSR count). The van der Waals surface area contributed by atoms with Gasteiger partial charge in [0.15, 0.2) is 0 Å². The predicted octanol–water partition coefficient (Wildman–Crippen LogP) is -1.33. The van der Waals surface area contributed by atoms with Crippen molar-refractivity contribution >= 4 is 11.9 Å². The average molecular weight is 214 g/mol. The smallest absolute Gasteiger partial charge is 0.324 e. The summed E-state index contributed by atoms with van der Waals surface area (Å²) < 4.78 is 0. The number of rotatable bonds is 1. The van der Waals surface area contributed by atoms with Gasteiger partial charge in [0.25, 0.3) is 0 Å². The molecule has 0 aromatic rings. The van der Waals surface area contributed by atoms with Crippen LogP contribution in [-0.4, -0.2) is 51.8 Å².